The first-order valence-electron chi connectivity index (χ1n) is 3.84. The Bertz CT molecular complexity index is 118. The zero-order chi connectivity index (χ0) is 8.27. The Morgan fingerprint density at radius 1 is 1.18 bits per heavy atom. The van der Waals surface area contributed by atoms with E-state index in [2.05, 4.69) is 5.32 Å². The van der Waals surface area contributed by atoms with Gasteiger partial charge in [0.05, 0.1) is 5.92 Å². The van der Waals surface area contributed by atoms with Gasteiger partial charge in [-0.2, -0.15) is 0 Å². The number of hydrogen-bond donors (Lipinski definition) is 1. The largest absolute Gasteiger partial charge is 0.317 e. The van der Waals surface area contributed by atoms with Gasteiger partial charge in [-0.3, -0.25) is 0 Å². The molecule has 0 spiro atoms. The van der Waals surface area contributed by atoms with Crippen LogP contribution in [0.4, 0.5) is 13.2 Å². The van der Waals surface area contributed by atoms with E-state index in [1.807, 2.05) is 0 Å². The molecular weight excluding hydrogens is 155 g/mol. The summed E-state index contributed by atoms with van der Waals surface area (Å²) in [6, 6.07) is 0. The molecule has 0 amide bonds. The maximum atomic E-state index is 12.8. The molecule has 0 bridgehead atoms. The molecule has 0 aromatic rings. The molecular formula is C7H12F3N. The van der Waals surface area contributed by atoms with Gasteiger partial charge in [0.15, 0.2) is 0 Å². The van der Waals surface area contributed by atoms with Gasteiger partial charge in [0.25, 0.3) is 0 Å². The summed E-state index contributed by atoms with van der Waals surface area (Å²) in [4.78, 5) is 0. The van der Waals surface area contributed by atoms with Gasteiger partial charge < -0.3 is 5.32 Å². The monoisotopic (exact) mass is 167 g/mol. The van der Waals surface area contributed by atoms with Crippen LogP contribution in [0.3, 0.4) is 0 Å². The van der Waals surface area contributed by atoms with Crippen LogP contribution in [0.2, 0.25) is 0 Å². The lowest BCUT2D eigenvalue weighted by atomic mass is 10.00. The number of rotatable bonds is 1. The Hall–Kier alpha value is -0.250. The fourth-order valence-electron chi connectivity index (χ4n) is 1.31. The molecule has 4 heteroatoms. The summed E-state index contributed by atoms with van der Waals surface area (Å²) in [5, 5.41) is 2.89. The number of nitrogens with one attached hydrogen (secondary N) is 1. The van der Waals surface area contributed by atoms with Gasteiger partial charge in [0.2, 0.25) is 6.43 Å². The molecule has 11 heavy (non-hydrogen) atoms. The van der Waals surface area contributed by atoms with Gasteiger partial charge in [0.1, 0.15) is 6.17 Å². The Labute approximate surface area is 64.0 Å². The minimum atomic E-state index is -2.51. The molecule has 0 aromatic heterocycles. The lowest BCUT2D eigenvalue weighted by Crippen LogP contribution is -2.23. The third-order valence-electron chi connectivity index (χ3n) is 2.04. The summed E-state index contributed by atoms with van der Waals surface area (Å²) in [6.45, 7) is 1.03. The second kappa shape index (κ2) is 3.95. The van der Waals surface area contributed by atoms with Crippen molar-refractivity contribution in [3.05, 3.63) is 0 Å². The normalized spacial score (nSPS) is 33.8. The van der Waals surface area contributed by atoms with Crippen LogP contribution in [0.1, 0.15) is 12.8 Å². The SMILES string of the molecule is FC(F)C1CCNCCC1F. The molecule has 1 rings (SSSR count). The highest BCUT2D eigenvalue weighted by Crippen LogP contribution is 2.24. The molecule has 1 aliphatic rings. The van der Waals surface area contributed by atoms with Crippen LogP contribution in [0.25, 0.3) is 0 Å². The Morgan fingerprint density at radius 2 is 1.82 bits per heavy atom. The van der Waals surface area contributed by atoms with Crippen molar-refractivity contribution in [1.29, 1.82) is 0 Å². The summed E-state index contributed by atoms with van der Waals surface area (Å²) in [5.74, 6) is -1.05. The van der Waals surface area contributed by atoms with E-state index in [1.165, 1.54) is 0 Å². The third kappa shape index (κ3) is 2.36. The Balaban J connectivity index is 2.45. The van der Waals surface area contributed by atoms with Crippen LogP contribution in [-0.2, 0) is 0 Å². The smallest absolute Gasteiger partial charge is 0.244 e. The summed E-state index contributed by atoms with van der Waals surface area (Å²) >= 11 is 0. The van der Waals surface area contributed by atoms with Crippen molar-refractivity contribution in [3.63, 3.8) is 0 Å². The Kier molecular flexibility index (Phi) is 3.17. The van der Waals surface area contributed by atoms with Crippen LogP contribution >= 0.6 is 0 Å². The lowest BCUT2D eigenvalue weighted by molar-refractivity contribution is 0.0273. The van der Waals surface area contributed by atoms with E-state index < -0.39 is 18.5 Å². The third-order valence-corrected chi connectivity index (χ3v) is 2.04. The van der Waals surface area contributed by atoms with Gasteiger partial charge >= 0.3 is 0 Å². The van der Waals surface area contributed by atoms with Crippen molar-refractivity contribution in [2.45, 2.75) is 25.4 Å². The van der Waals surface area contributed by atoms with Crippen molar-refractivity contribution in [3.8, 4) is 0 Å². The molecule has 66 valence electrons. The fraction of sp³-hybridized carbons (Fsp3) is 1.00. The van der Waals surface area contributed by atoms with Gasteiger partial charge in [-0.1, -0.05) is 0 Å². The van der Waals surface area contributed by atoms with Gasteiger partial charge in [-0.15, -0.1) is 0 Å². The zero-order valence-electron chi connectivity index (χ0n) is 6.19. The summed E-state index contributed by atoms with van der Waals surface area (Å²) in [6.07, 6.45) is -3.37. The predicted octanol–water partition coefficient (Wildman–Crippen LogP) is 1.59. The molecule has 0 radical (unpaired) electrons. The maximum Gasteiger partial charge on any atom is 0.244 e. The summed E-state index contributed by atoms with van der Waals surface area (Å²) < 4.78 is 37.0. The van der Waals surface area contributed by atoms with E-state index >= 15 is 0 Å². The van der Waals surface area contributed by atoms with E-state index in [0.717, 1.165) is 0 Å². The van der Waals surface area contributed by atoms with Crippen LogP contribution < -0.4 is 5.32 Å². The second-order valence-electron chi connectivity index (χ2n) is 2.84. The van der Waals surface area contributed by atoms with Crippen LogP contribution in [0, 0.1) is 5.92 Å². The first-order valence-corrected chi connectivity index (χ1v) is 3.84. The first kappa shape index (κ1) is 8.84. The van der Waals surface area contributed by atoms with Crippen molar-refractivity contribution < 1.29 is 13.2 Å². The highest BCUT2D eigenvalue weighted by atomic mass is 19.3. The molecule has 2 unspecified atom stereocenters. The van der Waals surface area contributed by atoms with E-state index in [4.69, 9.17) is 0 Å². The Morgan fingerprint density at radius 3 is 2.45 bits per heavy atom. The summed E-state index contributed by atoms with van der Waals surface area (Å²) in [5.41, 5.74) is 0. The van der Waals surface area contributed by atoms with Crippen LogP contribution in [0.15, 0.2) is 0 Å². The minimum Gasteiger partial charge on any atom is -0.317 e. The van der Waals surface area contributed by atoms with E-state index in [0.29, 0.717) is 13.1 Å². The zero-order valence-corrected chi connectivity index (χ0v) is 6.19. The second-order valence-corrected chi connectivity index (χ2v) is 2.84. The van der Waals surface area contributed by atoms with Crippen molar-refractivity contribution in [2.24, 2.45) is 5.92 Å². The molecule has 1 N–H and O–H groups in total. The first-order chi connectivity index (χ1) is 5.22. The number of halogens is 3. The topological polar surface area (TPSA) is 12.0 Å². The fourth-order valence-corrected chi connectivity index (χ4v) is 1.31. The lowest BCUT2D eigenvalue weighted by Gasteiger charge is -2.15. The molecule has 1 nitrogen and oxygen atoms in total. The summed E-state index contributed by atoms with van der Waals surface area (Å²) in [7, 11) is 0. The molecule has 1 heterocycles. The number of alkyl halides is 3. The molecule has 0 aliphatic carbocycles. The average molecular weight is 167 g/mol. The van der Waals surface area contributed by atoms with Gasteiger partial charge in [-0.05, 0) is 25.9 Å². The molecule has 0 aromatic carbocycles. The molecule has 1 fully saturated rings. The predicted molar refractivity (Wildman–Crippen MR) is 36.5 cm³/mol. The quantitative estimate of drug-likeness (QED) is 0.625. The van der Waals surface area contributed by atoms with Crippen LogP contribution in [-0.4, -0.2) is 25.7 Å². The van der Waals surface area contributed by atoms with Gasteiger partial charge in [-0.25, -0.2) is 13.2 Å². The highest BCUT2D eigenvalue weighted by molar-refractivity contribution is 4.76. The molecule has 0 saturated carbocycles. The molecule has 1 saturated heterocycles. The number of hydrogen-bond acceptors (Lipinski definition) is 1. The van der Waals surface area contributed by atoms with E-state index in [1.54, 1.807) is 0 Å². The van der Waals surface area contributed by atoms with Crippen molar-refractivity contribution >= 4 is 0 Å². The van der Waals surface area contributed by atoms with E-state index in [-0.39, 0.29) is 12.8 Å². The standard InChI is InChI=1S/C7H12F3N/c8-6-2-4-11-3-1-5(6)7(9)10/h5-7,11H,1-4H2. The highest BCUT2D eigenvalue weighted by Gasteiger charge is 2.30. The van der Waals surface area contributed by atoms with Crippen molar-refractivity contribution in [1.82, 2.24) is 5.32 Å². The van der Waals surface area contributed by atoms with Crippen molar-refractivity contribution in [2.75, 3.05) is 13.1 Å². The molecule has 2 atom stereocenters. The van der Waals surface area contributed by atoms with E-state index in [9.17, 15) is 13.2 Å². The van der Waals surface area contributed by atoms with Crippen LogP contribution in [0.5, 0.6) is 0 Å². The molecule has 1 aliphatic heterocycles. The maximum absolute atomic E-state index is 12.8. The minimum absolute atomic E-state index is 0.217. The van der Waals surface area contributed by atoms with Gasteiger partial charge in [0, 0.05) is 0 Å². The average Bonchev–Trinajstić information content (AvgIpc) is 2.13.